The Morgan fingerprint density at radius 1 is 1.29 bits per heavy atom. The van der Waals surface area contributed by atoms with E-state index in [4.69, 9.17) is 15.6 Å². The van der Waals surface area contributed by atoms with Crippen LogP contribution in [0.2, 0.25) is 0 Å². The highest BCUT2D eigenvalue weighted by Gasteiger charge is 2.10. The van der Waals surface area contributed by atoms with Gasteiger partial charge in [0.25, 0.3) is 0 Å². The third-order valence-corrected chi connectivity index (χ3v) is 2.11. The van der Waals surface area contributed by atoms with Crippen LogP contribution in [0.5, 0.6) is 5.75 Å². The van der Waals surface area contributed by atoms with Crippen LogP contribution in [0.25, 0.3) is 0 Å². The zero-order valence-corrected chi connectivity index (χ0v) is 8.37. The van der Waals surface area contributed by atoms with Gasteiger partial charge in [-0.05, 0) is 18.6 Å². The predicted octanol–water partition coefficient (Wildman–Crippen LogP) is 2.39. The number of ether oxygens (including phenoxy) is 1. The number of aryl methyl sites for hydroxylation is 1. The second-order valence-electron chi connectivity index (χ2n) is 3.10. The van der Waals surface area contributed by atoms with Gasteiger partial charge in [0.05, 0.1) is 13.0 Å². The molecule has 3 heteroatoms. The van der Waals surface area contributed by atoms with E-state index in [-0.39, 0.29) is 5.92 Å². The van der Waals surface area contributed by atoms with Crippen molar-refractivity contribution in [1.29, 1.82) is 10.8 Å². The van der Waals surface area contributed by atoms with Gasteiger partial charge in [0.15, 0.2) is 0 Å². The van der Waals surface area contributed by atoms with Crippen molar-refractivity contribution in [1.82, 2.24) is 0 Å². The number of methoxy groups -OCH3 is 1. The van der Waals surface area contributed by atoms with E-state index in [0.29, 0.717) is 0 Å². The molecule has 0 fully saturated rings. The maximum absolute atomic E-state index is 7.19. The van der Waals surface area contributed by atoms with E-state index in [1.807, 2.05) is 25.1 Å². The molecule has 0 saturated carbocycles. The largest absolute Gasteiger partial charge is 0.496 e. The van der Waals surface area contributed by atoms with Gasteiger partial charge in [-0.25, -0.2) is 0 Å². The molecule has 0 heterocycles. The van der Waals surface area contributed by atoms with Crippen LogP contribution >= 0.6 is 0 Å². The Morgan fingerprint density at radius 2 is 1.93 bits per heavy atom. The highest BCUT2D eigenvalue weighted by atomic mass is 16.5. The molecular weight excluding hydrogens is 176 g/mol. The minimum absolute atomic E-state index is 0.287. The van der Waals surface area contributed by atoms with Crippen molar-refractivity contribution < 1.29 is 4.74 Å². The second kappa shape index (κ2) is 4.56. The molecule has 14 heavy (non-hydrogen) atoms. The molecule has 0 aliphatic carbocycles. The molecule has 0 atom stereocenters. The Kier molecular flexibility index (Phi) is 3.40. The highest BCUT2D eigenvalue weighted by molar-refractivity contribution is 5.88. The van der Waals surface area contributed by atoms with Gasteiger partial charge in [0.2, 0.25) is 0 Å². The van der Waals surface area contributed by atoms with Crippen molar-refractivity contribution in [2.75, 3.05) is 7.11 Å². The van der Waals surface area contributed by atoms with Gasteiger partial charge in [0.1, 0.15) is 5.75 Å². The van der Waals surface area contributed by atoms with Gasteiger partial charge in [-0.15, -0.1) is 0 Å². The third kappa shape index (κ3) is 1.99. The summed E-state index contributed by atoms with van der Waals surface area (Å²) in [5.41, 5.74) is 1.97. The smallest absolute Gasteiger partial charge is 0.123 e. The van der Waals surface area contributed by atoms with Gasteiger partial charge in [-0.3, -0.25) is 0 Å². The van der Waals surface area contributed by atoms with E-state index >= 15 is 0 Å². The number of rotatable bonds is 4. The summed E-state index contributed by atoms with van der Waals surface area (Å²) in [7, 11) is 1.60. The Bertz CT molecular complexity index is 339. The van der Waals surface area contributed by atoms with Crippen LogP contribution in [0.15, 0.2) is 18.2 Å². The third-order valence-electron chi connectivity index (χ3n) is 2.11. The van der Waals surface area contributed by atoms with Gasteiger partial charge in [0, 0.05) is 18.0 Å². The summed E-state index contributed by atoms with van der Waals surface area (Å²) in [6.07, 6.45) is 2.47. The standard InChI is InChI=1S/C11H14N2O/c1-8-3-4-10(9(6-12)7-13)11(5-8)14-2/h3-7,9,12-13H,1-2H3. The van der Waals surface area contributed by atoms with Crippen LogP contribution in [-0.4, -0.2) is 19.5 Å². The van der Waals surface area contributed by atoms with Gasteiger partial charge in [-0.1, -0.05) is 12.1 Å². The van der Waals surface area contributed by atoms with Crippen molar-refractivity contribution in [2.24, 2.45) is 0 Å². The van der Waals surface area contributed by atoms with Crippen molar-refractivity contribution in [3.05, 3.63) is 29.3 Å². The fraction of sp³-hybridized carbons (Fsp3) is 0.273. The van der Waals surface area contributed by atoms with E-state index < -0.39 is 0 Å². The van der Waals surface area contributed by atoms with Crippen LogP contribution in [-0.2, 0) is 0 Å². The molecule has 0 radical (unpaired) electrons. The molecule has 3 nitrogen and oxygen atoms in total. The van der Waals surface area contributed by atoms with Crippen LogP contribution in [0.4, 0.5) is 0 Å². The van der Waals surface area contributed by atoms with Crippen LogP contribution in [0.1, 0.15) is 17.0 Å². The lowest BCUT2D eigenvalue weighted by Crippen LogP contribution is -2.03. The zero-order valence-electron chi connectivity index (χ0n) is 8.37. The molecule has 74 valence electrons. The summed E-state index contributed by atoms with van der Waals surface area (Å²) in [5.74, 6) is 0.451. The summed E-state index contributed by atoms with van der Waals surface area (Å²) in [6.45, 7) is 1.98. The van der Waals surface area contributed by atoms with E-state index in [1.54, 1.807) is 7.11 Å². The average Bonchev–Trinajstić information content (AvgIpc) is 2.21. The molecule has 1 aromatic carbocycles. The fourth-order valence-electron chi connectivity index (χ4n) is 1.32. The fourth-order valence-corrected chi connectivity index (χ4v) is 1.32. The zero-order chi connectivity index (χ0) is 10.6. The number of benzene rings is 1. The predicted molar refractivity (Wildman–Crippen MR) is 58.0 cm³/mol. The Hall–Kier alpha value is -1.64. The Balaban J connectivity index is 3.18. The first kappa shape index (κ1) is 10.4. The highest BCUT2D eigenvalue weighted by Crippen LogP contribution is 2.25. The van der Waals surface area contributed by atoms with Crippen LogP contribution in [0.3, 0.4) is 0 Å². The molecule has 0 spiro atoms. The summed E-state index contributed by atoms with van der Waals surface area (Å²) in [4.78, 5) is 0. The molecule has 0 aliphatic rings. The minimum Gasteiger partial charge on any atom is -0.496 e. The number of hydrogen-bond donors (Lipinski definition) is 2. The van der Waals surface area contributed by atoms with Crippen molar-refractivity contribution in [2.45, 2.75) is 12.8 Å². The van der Waals surface area contributed by atoms with Gasteiger partial charge >= 0.3 is 0 Å². The number of nitrogens with one attached hydrogen (secondary N) is 2. The molecule has 0 aliphatic heterocycles. The van der Waals surface area contributed by atoms with E-state index in [2.05, 4.69) is 0 Å². The average molecular weight is 190 g/mol. The topological polar surface area (TPSA) is 56.9 Å². The quantitative estimate of drug-likeness (QED) is 0.703. The first-order chi connectivity index (χ1) is 6.72. The van der Waals surface area contributed by atoms with E-state index in [9.17, 15) is 0 Å². The molecule has 0 saturated heterocycles. The van der Waals surface area contributed by atoms with Crippen LogP contribution in [0, 0.1) is 17.7 Å². The maximum atomic E-state index is 7.19. The summed E-state index contributed by atoms with van der Waals surface area (Å²) < 4.78 is 5.20. The number of hydrogen-bond acceptors (Lipinski definition) is 3. The molecule has 0 unspecified atom stereocenters. The first-order valence-electron chi connectivity index (χ1n) is 4.38. The molecule has 0 amide bonds. The maximum Gasteiger partial charge on any atom is 0.123 e. The lowest BCUT2D eigenvalue weighted by Gasteiger charge is -2.12. The molecule has 2 N–H and O–H groups in total. The Labute approximate surface area is 83.7 Å². The van der Waals surface area contributed by atoms with Gasteiger partial charge in [-0.2, -0.15) is 0 Å². The van der Waals surface area contributed by atoms with Crippen molar-refractivity contribution >= 4 is 12.4 Å². The van der Waals surface area contributed by atoms with Crippen molar-refractivity contribution in [3.63, 3.8) is 0 Å². The summed E-state index contributed by atoms with van der Waals surface area (Å²) >= 11 is 0. The van der Waals surface area contributed by atoms with E-state index in [1.165, 1.54) is 12.4 Å². The lowest BCUT2D eigenvalue weighted by molar-refractivity contribution is 0.410. The molecule has 1 rings (SSSR count). The SMILES string of the molecule is COc1cc(C)ccc1C(C=N)C=N. The molecular formula is C11H14N2O. The Morgan fingerprint density at radius 3 is 2.43 bits per heavy atom. The first-order valence-corrected chi connectivity index (χ1v) is 4.38. The van der Waals surface area contributed by atoms with Gasteiger partial charge < -0.3 is 15.6 Å². The second-order valence-corrected chi connectivity index (χ2v) is 3.10. The van der Waals surface area contributed by atoms with E-state index in [0.717, 1.165) is 16.9 Å². The van der Waals surface area contributed by atoms with Crippen molar-refractivity contribution in [3.8, 4) is 5.75 Å². The minimum atomic E-state index is -0.287. The molecule has 0 aromatic heterocycles. The lowest BCUT2D eigenvalue weighted by atomic mass is 9.99. The molecule has 1 aromatic rings. The summed E-state index contributed by atoms with van der Waals surface area (Å²) in [5, 5.41) is 14.4. The monoisotopic (exact) mass is 190 g/mol. The summed E-state index contributed by atoms with van der Waals surface area (Å²) in [6, 6.07) is 5.77. The molecule has 0 bridgehead atoms. The van der Waals surface area contributed by atoms with Crippen LogP contribution < -0.4 is 4.74 Å². The normalized spacial score (nSPS) is 11.9.